The molecule has 0 saturated carbocycles. The molecule has 13 heavy (non-hydrogen) atoms. The summed E-state index contributed by atoms with van der Waals surface area (Å²) in [6.07, 6.45) is 6.31. The largest absolute Gasteiger partial charge is 0.326 e. The van der Waals surface area contributed by atoms with Gasteiger partial charge >= 0.3 is 0 Å². The molecule has 1 amide bonds. The van der Waals surface area contributed by atoms with E-state index in [1.165, 1.54) is 0 Å². The molecule has 1 N–H and O–H groups in total. The van der Waals surface area contributed by atoms with Crippen molar-refractivity contribution in [2.24, 2.45) is 0 Å². The maximum atomic E-state index is 11.5. The summed E-state index contributed by atoms with van der Waals surface area (Å²) in [5, 5.41) is 2.74. The summed E-state index contributed by atoms with van der Waals surface area (Å²) in [7, 11) is 0. The highest BCUT2D eigenvalue weighted by Crippen LogP contribution is 2.21. The fourth-order valence-corrected chi connectivity index (χ4v) is 1.63. The molecule has 0 spiro atoms. The first kappa shape index (κ1) is 8.23. The molecule has 1 aliphatic carbocycles. The third-order valence-electron chi connectivity index (χ3n) is 2.31. The van der Waals surface area contributed by atoms with Crippen LogP contribution in [0, 0.1) is 0 Å². The summed E-state index contributed by atoms with van der Waals surface area (Å²) in [5.74, 6) is 0.0363. The minimum atomic E-state index is -0.0510. The van der Waals surface area contributed by atoms with Gasteiger partial charge in [-0.1, -0.05) is 12.2 Å². The van der Waals surface area contributed by atoms with Gasteiger partial charge in [-0.25, -0.2) is 0 Å². The number of fused-ring (bicyclic) bond motifs is 1. The summed E-state index contributed by atoms with van der Waals surface area (Å²) < 4.78 is 0. The zero-order chi connectivity index (χ0) is 9.26. The number of rotatable bonds is 0. The average Bonchev–Trinajstić information content (AvgIpc) is 2.27. The van der Waals surface area contributed by atoms with Crippen LogP contribution < -0.4 is 5.32 Å². The van der Waals surface area contributed by atoms with E-state index in [2.05, 4.69) is 5.32 Å². The van der Waals surface area contributed by atoms with Gasteiger partial charge < -0.3 is 5.32 Å². The van der Waals surface area contributed by atoms with Crippen molar-refractivity contribution in [2.75, 3.05) is 0 Å². The molecule has 1 aliphatic heterocycles. The highest BCUT2D eigenvalue weighted by molar-refractivity contribution is 6.04. The Kier molecular flexibility index (Phi) is 2.00. The molecule has 2 rings (SSSR count). The summed E-state index contributed by atoms with van der Waals surface area (Å²) in [5.41, 5.74) is 1.43. The average molecular weight is 177 g/mol. The van der Waals surface area contributed by atoms with Crippen LogP contribution in [-0.4, -0.2) is 11.7 Å². The van der Waals surface area contributed by atoms with Crippen molar-refractivity contribution < 1.29 is 9.59 Å². The molecule has 0 unspecified atom stereocenters. The van der Waals surface area contributed by atoms with Gasteiger partial charge in [0, 0.05) is 24.1 Å². The quantitative estimate of drug-likeness (QED) is 0.601. The number of ketones is 1. The van der Waals surface area contributed by atoms with Crippen molar-refractivity contribution in [3.8, 4) is 0 Å². The molecule has 3 heteroatoms. The first-order valence-corrected chi connectivity index (χ1v) is 4.51. The monoisotopic (exact) mass is 177 g/mol. The highest BCUT2D eigenvalue weighted by Gasteiger charge is 2.22. The van der Waals surface area contributed by atoms with E-state index in [1.807, 2.05) is 12.2 Å². The van der Waals surface area contributed by atoms with Crippen LogP contribution in [-0.2, 0) is 9.59 Å². The number of hydrogen-bond donors (Lipinski definition) is 1. The molecule has 0 radical (unpaired) electrons. The lowest BCUT2D eigenvalue weighted by atomic mass is 9.99. The van der Waals surface area contributed by atoms with Crippen LogP contribution in [0.1, 0.15) is 25.7 Å². The van der Waals surface area contributed by atoms with Crippen LogP contribution in [0.15, 0.2) is 23.4 Å². The first-order chi connectivity index (χ1) is 6.27. The lowest BCUT2D eigenvalue weighted by Gasteiger charge is -2.11. The number of allylic oxidation sites excluding steroid dienone is 3. The molecular weight excluding hydrogens is 166 g/mol. The van der Waals surface area contributed by atoms with Crippen molar-refractivity contribution in [3.05, 3.63) is 23.4 Å². The van der Waals surface area contributed by atoms with Gasteiger partial charge in [0.15, 0.2) is 5.78 Å². The summed E-state index contributed by atoms with van der Waals surface area (Å²) in [6, 6.07) is 0. The molecule has 0 aromatic carbocycles. The van der Waals surface area contributed by atoms with Gasteiger partial charge in [-0.2, -0.15) is 0 Å². The van der Waals surface area contributed by atoms with Crippen LogP contribution in [0.4, 0.5) is 0 Å². The van der Waals surface area contributed by atoms with E-state index in [1.54, 1.807) is 0 Å². The molecule has 1 saturated heterocycles. The Balaban J connectivity index is 2.34. The van der Waals surface area contributed by atoms with Crippen molar-refractivity contribution in [1.29, 1.82) is 0 Å². The Morgan fingerprint density at radius 1 is 1.08 bits per heavy atom. The van der Waals surface area contributed by atoms with Crippen LogP contribution in [0.2, 0.25) is 0 Å². The minimum Gasteiger partial charge on any atom is -0.326 e. The third kappa shape index (κ3) is 1.54. The number of nitrogens with one attached hydrogen (secondary N) is 1. The van der Waals surface area contributed by atoms with E-state index in [0.29, 0.717) is 18.4 Å². The van der Waals surface area contributed by atoms with Gasteiger partial charge in [-0.15, -0.1) is 0 Å². The van der Waals surface area contributed by atoms with Crippen molar-refractivity contribution >= 4 is 11.7 Å². The number of amides is 1. The van der Waals surface area contributed by atoms with Crippen molar-refractivity contribution in [3.63, 3.8) is 0 Å². The van der Waals surface area contributed by atoms with Crippen molar-refractivity contribution in [2.45, 2.75) is 25.7 Å². The smallest absolute Gasteiger partial charge is 0.224 e. The molecule has 0 bridgehead atoms. The molecule has 0 atom stereocenters. The Morgan fingerprint density at radius 2 is 1.85 bits per heavy atom. The molecule has 1 heterocycles. The van der Waals surface area contributed by atoms with Gasteiger partial charge in [0.1, 0.15) is 0 Å². The number of carbonyl (C=O) groups is 2. The van der Waals surface area contributed by atoms with E-state index in [-0.39, 0.29) is 11.7 Å². The van der Waals surface area contributed by atoms with Gasteiger partial charge in [-0.3, -0.25) is 9.59 Å². The van der Waals surface area contributed by atoms with Gasteiger partial charge in [0.2, 0.25) is 5.91 Å². The molecule has 0 aromatic rings. The fourth-order valence-electron chi connectivity index (χ4n) is 1.63. The van der Waals surface area contributed by atoms with Crippen LogP contribution >= 0.6 is 0 Å². The number of hydrogen-bond acceptors (Lipinski definition) is 2. The van der Waals surface area contributed by atoms with Gasteiger partial charge in [-0.05, 0) is 12.8 Å². The summed E-state index contributed by atoms with van der Waals surface area (Å²) in [6.45, 7) is 0. The second-order valence-electron chi connectivity index (χ2n) is 3.28. The van der Waals surface area contributed by atoms with E-state index in [0.717, 1.165) is 18.5 Å². The lowest BCUT2D eigenvalue weighted by Crippen LogP contribution is -2.22. The fraction of sp³-hybridized carbons (Fsp3) is 0.400. The second-order valence-corrected chi connectivity index (χ2v) is 3.28. The normalized spacial score (nSPS) is 22.5. The summed E-state index contributed by atoms with van der Waals surface area (Å²) in [4.78, 5) is 22.6. The second kappa shape index (κ2) is 3.17. The Labute approximate surface area is 76.5 Å². The predicted octanol–water partition coefficient (Wildman–Crippen LogP) is 1.07. The van der Waals surface area contributed by atoms with E-state index < -0.39 is 0 Å². The molecule has 3 nitrogen and oxygen atoms in total. The molecule has 68 valence electrons. The Hall–Kier alpha value is -1.38. The predicted molar refractivity (Wildman–Crippen MR) is 47.8 cm³/mol. The van der Waals surface area contributed by atoms with Crippen LogP contribution in [0.3, 0.4) is 0 Å². The van der Waals surface area contributed by atoms with Crippen molar-refractivity contribution in [1.82, 2.24) is 5.32 Å². The Morgan fingerprint density at radius 3 is 2.69 bits per heavy atom. The number of Topliss-reactive ketones (excluding diaryl/α,β-unsaturated/α-hetero) is 1. The summed E-state index contributed by atoms with van der Waals surface area (Å²) >= 11 is 0. The number of carbonyl (C=O) groups excluding carboxylic acids is 2. The van der Waals surface area contributed by atoms with E-state index >= 15 is 0 Å². The first-order valence-electron chi connectivity index (χ1n) is 4.51. The van der Waals surface area contributed by atoms with Gasteiger partial charge in [0.25, 0.3) is 0 Å². The zero-order valence-electron chi connectivity index (χ0n) is 7.30. The molecular formula is C10H11NO2. The lowest BCUT2D eigenvalue weighted by molar-refractivity contribution is -0.122. The minimum absolute atomic E-state index is 0.0510. The highest BCUT2D eigenvalue weighted by atomic mass is 16.2. The maximum Gasteiger partial charge on any atom is 0.224 e. The molecule has 0 aromatic heterocycles. The zero-order valence-corrected chi connectivity index (χ0v) is 7.30. The molecule has 1 fully saturated rings. The Bertz CT molecular complexity index is 326. The maximum absolute atomic E-state index is 11.5. The van der Waals surface area contributed by atoms with E-state index in [4.69, 9.17) is 0 Å². The van der Waals surface area contributed by atoms with Gasteiger partial charge in [0.05, 0.1) is 0 Å². The topological polar surface area (TPSA) is 46.2 Å². The third-order valence-corrected chi connectivity index (χ3v) is 2.31. The SMILES string of the molecule is O=C1CCC(=O)C2=CCCC=C2N1. The van der Waals surface area contributed by atoms with Crippen LogP contribution in [0.5, 0.6) is 0 Å². The van der Waals surface area contributed by atoms with E-state index in [9.17, 15) is 9.59 Å². The molecule has 2 aliphatic rings. The van der Waals surface area contributed by atoms with Crippen LogP contribution in [0.25, 0.3) is 0 Å². The standard InChI is InChI=1S/C10H11NO2/c12-9-5-6-10(13)11-8-4-2-1-3-7(8)9/h3-4H,1-2,5-6H2,(H,11,13).